The molecule has 2 aromatic carbocycles. The van der Waals surface area contributed by atoms with Gasteiger partial charge in [0, 0.05) is 37.8 Å². The number of esters is 2. The van der Waals surface area contributed by atoms with Crippen LogP contribution in [0.25, 0.3) is 6.08 Å². The fraction of sp³-hybridized carbons (Fsp3) is 0.654. The lowest BCUT2D eigenvalue weighted by molar-refractivity contribution is -0.224. The summed E-state index contributed by atoms with van der Waals surface area (Å²) in [6.45, 7) is 9.63. The fourth-order valence-electron chi connectivity index (χ4n) is 10.8. The second kappa shape index (κ2) is 20.6. The minimum Gasteiger partial charge on any atom is -0.460 e. The second-order valence-corrected chi connectivity index (χ2v) is 20.5. The monoisotopic (exact) mass is 914 g/mol. The SMILES string of the molecule is CCCCCC1(CCCCC)O[C@@H]2[C@H]3ON(Cc4ccc(C=CC5CCC6OC6C5)cc4)[C@H]4C(=O)OC(CC34C(=O)NCc3cccc(C(=O)N[C@H](CO)CCC(=O)OC(C)(C)C)c3)[C@@H]2O1. The number of epoxide rings is 1. The Morgan fingerprint density at radius 1 is 0.939 bits per heavy atom. The summed E-state index contributed by atoms with van der Waals surface area (Å²) < 4.78 is 31.4. The van der Waals surface area contributed by atoms with Crippen molar-refractivity contribution < 1.29 is 52.8 Å². The number of hydroxylamine groups is 2. The quantitative estimate of drug-likeness (QED) is 0.0652. The highest BCUT2D eigenvalue weighted by Gasteiger charge is 2.76. The van der Waals surface area contributed by atoms with Crippen LogP contribution >= 0.6 is 0 Å². The van der Waals surface area contributed by atoms with Gasteiger partial charge in [0.2, 0.25) is 5.91 Å². The molecule has 4 heterocycles. The van der Waals surface area contributed by atoms with Gasteiger partial charge < -0.3 is 39.4 Å². The zero-order valence-corrected chi connectivity index (χ0v) is 39.5. The third kappa shape index (κ3) is 10.9. The summed E-state index contributed by atoms with van der Waals surface area (Å²) in [6, 6.07) is 13.4. The van der Waals surface area contributed by atoms with E-state index < -0.39 is 71.1 Å². The van der Waals surface area contributed by atoms with Crippen LogP contribution in [0.1, 0.15) is 152 Å². The number of allylic oxidation sites excluding steroid dienone is 1. The van der Waals surface area contributed by atoms with E-state index in [0.29, 0.717) is 42.1 Å². The van der Waals surface area contributed by atoms with Crippen LogP contribution in [0.5, 0.6) is 0 Å². The first-order chi connectivity index (χ1) is 31.7. The minimum absolute atomic E-state index is 0.0349. The predicted octanol–water partition coefficient (Wildman–Crippen LogP) is 7.24. The first-order valence-corrected chi connectivity index (χ1v) is 24.7. The van der Waals surface area contributed by atoms with Crippen molar-refractivity contribution in [3.8, 4) is 0 Å². The Hall–Kier alpha value is -4.18. The van der Waals surface area contributed by atoms with E-state index in [1.54, 1.807) is 44.0 Å². The first-order valence-electron chi connectivity index (χ1n) is 24.7. The number of fused-ring (bicyclic) bond motifs is 5. The standard InChI is InChI=1S/C52H71N3O11/c1-6-8-10-25-51(26-11-9-7-2)64-43-41-29-52(49(60)53-30-36-13-12-14-37(27-36)47(58)54-38(32-56)22-24-42(57)63-50(3,4)5)45(48(59)62-41)55(66-46(52)44(43)65-51)31-35-19-16-33(17-20-35)15-18-34-21-23-39-40(28-34)61-39/h12-20,27,34,38-41,43-46,56H,6-11,21-26,28-32H2,1-5H3,(H,53,60)(H,54,58)/t34?,38-,39?,40?,41?,43-,44-,45-,46+,52?/m0/s1. The molecule has 2 bridgehead atoms. The number of aliphatic hydroxyl groups is 1. The third-order valence-electron chi connectivity index (χ3n) is 14.2. The topological polar surface area (TPSA) is 174 Å². The smallest absolute Gasteiger partial charge is 0.327 e. The van der Waals surface area contributed by atoms with Gasteiger partial charge in [0.1, 0.15) is 35.4 Å². The van der Waals surface area contributed by atoms with Gasteiger partial charge in [-0.15, -0.1) is 0 Å². The molecule has 0 aromatic heterocycles. The number of aliphatic hydroxyl groups excluding tert-OH is 1. The Balaban J connectivity index is 1.00. The summed E-state index contributed by atoms with van der Waals surface area (Å²) in [5.41, 5.74) is 0.981. The van der Waals surface area contributed by atoms with Gasteiger partial charge in [-0.05, 0) is 94.0 Å². The molecule has 8 rings (SSSR count). The molecule has 10 atom stereocenters. The van der Waals surface area contributed by atoms with Crippen molar-refractivity contribution >= 4 is 29.8 Å². The van der Waals surface area contributed by atoms with Gasteiger partial charge in [-0.2, -0.15) is 5.06 Å². The highest BCUT2D eigenvalue weighted by Crippen LogP contribution is 2.58. The summed E-state index contributed by atoms with van der Waals surface area (Å²) >= 11 is 0. The van der Waals surface area contributed by atoms with Gasteiger partial charge >= 0.3 is 11.9 Å². The van der Waals surface area contributed by atoms with Crippen LogP contribution in [0.4, 0.5) is 0 Å². The van der Waals surface area contributed by atoms with Gasteiger partial charge in [0.15, 0.2) is 11.8 Å². The number of nitrogens with zero attached hydrogens (tertiary/aromatic N) is 1. The van der Waals surface area contributed by atoms with Gasteiger partial charge in [-0.3, -0.25) is 24.0 Å². The van der Waals surface area contributed by atoms with E-state index in [0.717, 1.165) is 68.9 Å². The molecule has 14 heteroatoms. The van der Waals surface area contributed by atoms with Crippen LogP contribution in [-0.4, -0.2) is 101 Å². The number of rotatable bonds is 21. The molecule has 4 saturated heterocycles. The van der Waals surface area contributed by atoms with E-state index in [2.05, 4.69) is 48.8 Å². The molecule has 14 nitrogen and oxygen atoms in total. The van der Waals surface area contributed by atoms with Crippen LogP contribution in [0, 0.1) is 11.3 Å². The van der Waals surface area contributed by atoms with Crippen LogP contribution in [0.2, 0.25) is 0 Å². The molecular formula is C52H71N3O11. The molecule has 6 fully saturated rings. The van der Waals surface area contributed by atoms with Crippen LogP contribution < -0.4 is 10.6 Å². The number of amides is 2. The highest BCUT2D eigenvalue weighted by atomic mass is 16.8. The number of unbranched alkanes of at least 4 members (excludes halogenated alkanes) is 4. The molecule has 2 aromatic rings. The van der Waals surface area contributed by atoms with Crippen molar-refractivity contribution in [2.45, 2.75) is 198 Å². The molecule has 360 valence electrons. The third-order valence-corrected chi connectivity index (χ3v) is 14.2. The summed E-state index contributed by atoms with van der Waals surface area (Å²) in [4.78, 5) is 62.1. The zero-order valence-electron chi connectivity index (χ0n) is 39.5. The summed E-state index contributed by atoms with van der Waals surface area (Å²) in [5, 5.41) is 17.6. The van der Waals surface area contributed by atoms with Crippen molar-refractivity contribution in [1.82, 2.24) is 15.7 Å². The van der Waals surface area contributed by atoms with Gasteiger partial charge in [-0.1, -0.05) is 88.1 Å². The lowest BCUT2D eigenvalue weighted by Crippen LogP contribution is -2.69. The van der Waals surface area contributed by atoms with Gasteiger partial charge in [0.05, 0.1) is 31.4 Å². The number of hydrogen-bond acceptors (Lipinski definition) is 12. The van der Waals surface area contributed by atoms with Crippen molar-refractivity contribution in [1.29, 1.82) is 0 Å². The van der Waals surface area contributed by atoms with Crippen molar-refractivity contribution in [3.63, 3.8) is 0 Å². The van der Waals surface area contributed by atoms with Crippen molar-refractivity contribution in [3.05, 3.63) is 76.9 Å². The largest absolute Gasteiger partial charge is 0.460 e. The lowest BCUT2D eigenvalue weighted by Gasteiger charge is -2.48. The molecule has 6 aliphatic rings. The Labute approximate surface area is 389 Å². The Morgan fingerprint density at radius 3 is 2.38 bits per heavy atom. The van der Waals surface area contributed by atoms with Crippen LogP contribution in [-0.2, 0) is 56.0 Å². The number of hydrogen-bond donors (Lipinski definition) is 3. The number of benzene rings is 2. The van der Waals surface area contributed by atoms with E-state index in [1.165, 1.54) is 0 Å². The Bertz CT molecular complexity index is 2060. The highest BCUT2D eigenvalue weighted by molar-refractivity contribution is 5.95. The van der Waals surface area contributed by atoms with E-state index in [9.17, 15) is 19.5 Å². The molecule has 0 spiro atoms. The van der Waals surface area contributed by atoms with Crippen LogP contribution in [0.15, 0.2) is 54.6 Å². The molecule has 0 radical (unpaired) electrons. The Kier molecular flexibility index (Phi) is 15.1. The van der Waals surface area contributed by atoms with Gasteiger partial charge in [-0.25, -0.2) is 0 Å². The maximum atomic E-state index is 15.1. The normalized spacial score (nSPS) is 30.0. The number of ether oxygens (including phenoxy) is 5. The predicted molar refractivity (Wildman–Crippen MR) is 245 cm³/mol. The number of carbonyl (C=O) groups is 4. The minimum atomic E-state index is -1.36. The average Bonchev–Trinajstić information content (AvgIpc) is 3.84. The lowest BCUT2D eigenvalue weighted by atomic mass is 9.62. The average molecular weight is 914 g/mol. The first kappa shape index (κ1) is 48.3. The maximum absolute atomic E-state index is 15.1. The number of nitrogens with one attached hydrogen (secondary N) is 2. The van der Waals surface area contributed by atoms with E-state index >= 15 is 4.79 Å². The number of carbonyl (C=O) groups excluding carboxylic acids is 4. The maximum Gasteiger partial charge on any atom is 0.327 e. The van der Waals surface area contributed by atoms with Crippen molar-refractivity contribution in [2.24, 2.45) is 11.3 Å². The second-order valence-electron chi connectivity index (χ2n) is 20.5. The molecular weight excluding hydrogens is 843 g/mol. The van der Waals surface area contributed by atoms with E-state index in [1.807, 2.05) is 18.2 Å². The molecule has 2 amide bonds. The molecule has 5 unspecified atom stereocenters. The van der Waals surface area contributed by atoms with Gasteiger partial charge in [0.25, 0.3) is 5.91 Å². The fourth-order valence-corrected chi connectivity index (χ4v) is 10.8. The van der Waals surface area contributed by atoms with Crippen molar-refractivity contribution in [2.75, 3.05) is 6.61 Å². The van der Waals surface area contributed by atoms with E-state index in [-0.39, 0.29) is 44.9 Å². The molecule has 3 N–H and O–H groups in total. The summed E-state index contributed by atoms with van der Waals surface area (Å²) in [6.07, 6.45) is 13.7. The van der Waals surface area contributed by atoms with E-state index in [4.69, 9.17) is 28.5 Å². The molecule has 2 saturated carbocycles. The Morgan fingerprint density at radius 2 is 1.68 bits per heavy atom. The summed E-state index contributed by atoms with van der Waals surface area (Å²) in [5.74, 6) is -2.10. The molecule has 66 heavy (non-hydrogen) atoms. The molecule has 2 aliphatic carbocycles. The molecule has 4 aliphatic heterocycles. The van der Waals surface area contributed by atoms with Crippen LogP contribution in [0.3, 0.4) is 0 Å². The summed E-state index contributed by atoms with van der Waals surface area (Å²) in [7, 11) is 0. The zero-order chi connectivity index (χ0) is 46.6.